The van der Waals surface area contributed by atoms with Crippen LogP contribution >= 0.6 is 0 Å². The summed E-state index contributed by atoms with van der Waals surface area (Å²) in [6.07, 6.45) is -3.58. The number of anilines is 2. The molecule has 0 bridgehead atoms. The molecule has 1 unspecified atom stereocenters. The summed E-state index contributed by atoms with van der Waals surface area (Å²) < 4.78 is 45.6. The molecule has 1 aliphatic carbocycles. The largest absolute Gasteiger partial charge is 0.416 e. The predicted octanol–water partition coefficient (Wildman–Crippen LogP) is 4.77. The van der Waals surface area contributed by atoms with E-state index in [1.165, 1.54) is 12.1 Å². The molecule has 10 heteroatoms. The second kappa shape index (κ2) is 11.2. The lowest BCUT2D eigenvalue weighted by Crippen LogP contribution is -2.45. The van der Waals surface area contributed by atoms with Gasteiger partial charge in [0.05, 0.1) is 42.7 Å². The highest BCUT2D eigenvalue weighted by atomic mass is 19.4. The first-order chi connectivity index (χ1) is 19.0. The highest BCUT2D eigenvalue weighted by molar-refractivity contribution is 6.01. The number of carbonyl (C=O) groups excluding carboxylic acids is 2. The number of hydrogen-bond acceptors (Lipinski definition) is 6. The summed E-state index contributed by atoms with van der Waals surface area (Å²) in [5, 5.41) is 6.45. The number of ether oxygens (including phenoxy) is 1. The molecule has 1 atom stereocenters. The lowest BCUT2D eigenvalue weighted by molar-refractivity contribution is -0.137. The average molecular weight is 557 g/mol. The zero-order chi connectivity index (χ0) is 28.5. The molecule has 1 fully saturated rings. The normalized spacial score (nSPS) is 21.3. The van der Waals surface area contributed by atoms with E-state index in [1.807, 2.05) is 43.0 Å². The van der Waals surface area contributed by atoms with Crippen LogP contribution < -0.4 is 15.5 Å². The van der Waals surface area contributed by atoms with Crippen LogP contribution in [0.1, 0.15) is 43.9 Å². The molecule has 0 spiro atoms. The number of nitrogens with one attached hydrogen (secondary N) is 2. The van der Waals surface area contributed by atoms with Crippen molar-refractivity contribution in [1.29, 1.82) is 0 Å². The van der Waals surface area contributed by atoms with Gasteiger partial charge in [-0.15, -0.1) is 0 Å². The van der Waals surface area contributed by atoms with E-state index in [-0.39, 0.29) is 23.7 Å². The number of hydrogen-bond donors (Lipinski definition) is 2. The summed E-state index contributed by atoms with van der Waals surface area (Å²) in [6.45, 7) is 8.10. The molecule has 7 nitrogen and oxygen atoms in total. The third-order valence-corrected chi connectivity index (χ3v) is 7.73. The van der Waals surface area contributed by atoms with Crippen LogP contribution in [0.3, 0.4) is 0 Å². The first-order valence-electron chi connectivity index (χ1n) is 13.6. The number of nitrogens with zero attached hydrogens (tertiary/aromatic N) is 2. The SMILES string of the molecule is CC1(C)CC(=O)C2=C(C1)Nc1ccccc1N(CC(=O)NCCN1CCOCC1)C2c1ccc(C(F)(F)F)cc1. The summed E-state index contributed by atoms with van der Waals surface area (Å²) >= 11 is 0. The summed E-state index contributed by atoms with van der Waals surface area (Å²) in [5.41, 5.74) is 2.17. The Labute approximate surface area is 232 Å². The molecule has 1 saturated heterocycles. The molecule has 40 heavy (non-hydrogen) atoms. The topological polar surface area (TPSA) is 73.9 Å². The van der Waals surface area contributed by atoms with Crippen molar-refractivity contribution in [3.63, 3.8) is 0 Å². The molecular weight excluding hydrogens is 521 g/mol. The standard InChI is InChI=1S/C30H35F3N4O3/c1-29(2)17-23-27(25(38)18-29)28(20-7-9-21(10-8-20)30(31,32)33)37(24-6-4-3-5-22(24)35-23)19-26(39)34-11-12-36-13-15-40-16-14-36/h3-10,28,35H,11-19H2,1-2H3,(H,34,39). The quantitative estimate of drug-likeness (QED) is 0.534. The van der Waals surface area contributed by atoms with Crippen LogP contribution in [0.4, 0.5) is 24.5 Å². The number of Topliss-reactive ketones (excluding diaryl/α,β-unsaturated/α-hetero) is 1. The lowest BCUT2D eigenvalue weighted by Gasteiger charge is -2.38. The van der Waals surface area contributed by atoms with Gasteiger partial charge in [0.25, 0.3) is 0 Å². The van der Waals surface area contributed by atoms with Crippen molar-refractivity contribution in [1.82, 2.24) is 10.2 Å². The highest BCUT2D eigenvalue weighted by Gasteiger charge is 2.42. The van der Waals surface area contributed by atoms with Crippen LogP contribution in [-0.4, -0.2) is 62.5 Å². The summed E-state index contributed by atoms with van der Waals surface area (Å²) in [6, 6.07) is 11.7. The number of allylic oxidation sites excluding steroid dienone is 1. The number of fused-ring (bicyclic) bond motifs is 1. The number of rotatable bonds is 6. The highest BCUT2D eigenvalue weighted by Crippen LogP contribution is 2.48. The van der Waals surface area contributed by atoms with Crippen molar-refractivity contribution < 1.29 is 27.5 Å². The minimum Gasteiger partial charge on any atom is -0.379 e. The molecule has 0 aromatic heterocycles. The van der Waals surface area contributed by atoms with Gasteiger partial charge in [-0.1, -0.05) is 38.1 Å². The number of alkyl halides is 3. The summed E-state index contributed by atoms with van der Waals surface area (Å²) in [5.74, 6) is -0.304. The molecule has 2 aliphatic heterocycles. The first-order valence-corrected chi connectivity index (χ1v) is 13.6. The van der Waals surface area contributed by atoms with Crippen LogP contribution in [0, 0.1) is 5.41 Å². The van der Waals surface area contributed by atoms with E-state index >= 15 is 0 Å². The second-order valence-corrected chi connectivity index (χ2v) is 11.4. The molecule has 1 amide bonds. The third kappa shape index (κ3) is 6.18. The molecule has 0 saturated carbocycles. The van der Waals surface area contributed by atoms with Gasteiger partial charge in [-0.2, -0.15) is 13.2 Å². The maximum Gasteiger partial charge on any atom is 0.416 e. The molecule has 2 aromatic rings. The fraction of sp³-hybridized carbons (Fsp3) is 0.467. The van der Waals surface area contributed by atoms with E-state index in [1.54, 1.807) is 0 Å². The van der Waals surface area contributed by atoms with E-state index in [0.717, 1.165) is 36.6 Å². The van der Waals surface area contributed by atoms with Crippen LogP contribution in [-0.2, 0) is 20.5 Å². The number of morpholine rings is 1. The number of para-hydroxylation sites is 2. The number of ketones is 1. The van der Waals surface area contributed by atoms with Gasteiger partial charge in [0, 0.05) is 43.9 Å². The van der Waals surface area contributed by atoms with Gasteiger partial charge < -0.3 is 20.3 Å². The van der Waals surface area contributed by atoms with Crippen molar-refractivity contribution in [3.8, 4) is 0 Å². The van der Waals surface area contributed by atoms with E-state index in [4.69, 9.17) is 4.74 Å². The predicted molar refractivity (Wildman–Crippen MR) is 147 cm³/mol. The monoisotopic (exact) mass is 556 g/mol. The minimum atomic E-state index is -4.48. The molecule has 2 heterocycles. The fourth-order valence-corrected chi connectivity index (χ4v) is 5.82. The molecular formula is C30H35F3N4O3. The van der Waals surface area contributed by atoms with E-state index in [9.17, 15) is 22.8 Å². The van der Waals surface area contributed by atoms with Gasteiger partial charge in [-0.25, -0.2) is 0 Å². The first kappa shape index (κ1) is 28.2. The Kier molecular flexibility index (Phi) is 7.92. The van der Waals surface area contributed by atoms with Gasteiger partial charge in [-0.05, 0) is 41.7 Å². The number of benzene rings is 2. The van der Waals surface area contributed by atoms with Crippen LogP contribution in [0.5, 0.6) is 0 Å². The zero-order valence-corrected chi connectivity index (χ0v) is 22.8. The Balaban J connectivity index is 1.51. The van der Waals surface area contributed by atoms with Crippen LogP contribution in [0.2, 0.25) is 0 Å². The van der Waals surface area contributed by atoms with Crippen molar-refractivity contribution in [3.05, 3.63) is 70.9 Å². The van der Waals surface area contributed by atoms with Crippen molar-refractivity contribution >= 4 is 23.1 Å². The number of halogens is 3. The Bertz CT molecular complexity index is 1280. The van der Waals surface area contributed by atoms with Gasteiger partial charge in [0.2, 0.25) is 5.91 Å². The van der Waals surface area contributed by atoms with Gasteiger partial charge in [-0.3, -0.25) is 14.5 Å². The number of carbonyl (C=O) groups is 2. The van der Waals surface area contributed by atoms with Gasteiger partial charge in [0.15, 0.2) is 5.78 Å². The molecule has 214 valence electrons. The lowest BCUT2D eigenvalue weighted by atomic mass is 9.73. The summed E-state index contributed by atoms with van der Waals surface area (Å²) in [7, 11) is 0. The van der Waals surface area contributed by atoms with Crippen molar-refractivity contribution in [2.24, 2.45) is 5.41 Å². The van der Waals surface area contributed by atoms with Gasteiger partial charge in [0.1, 0.15) is 0 Å². The molecule has 3 aliphatic rings. The molecule has 0 radical (unpaired) electrons. The molecule has 5 rings (SSSR count). The van der Waals surface area contributed by atoms with Gasteiger partial charge >= 0.3 is 6.18 Å². The Morgan fingerprint density at radius 1 is 1.07 bits per heavy atom. The Hall–Kier alpha value is -3.37. The number of amides is 1. The average Bonchev–Trinajstić information content (AvgIpc) is 3.02. The van der Waals surface area contributed by atoms with Crippen molar-refractivity contribution in [2.75, 3.05) is 56.2 Å². The third-order valence-electron chi connectivity index (χ3n) is 7.73. The maximum atomic E-state index is 13.7. The van der Waals surface area contributed by atoms with Crippen molar-refractivity contribution in [2.45, 2.75) is 38.9 Å². The van der Waals surface area contributed by atoms with Crippen LogP contribution in [0.15, 0.2) is 59.8 Å². The Morgan fingerprint density at radius 2 is 1.77 bits per heavy atom. The maximum absolute atomic E-state index is 13.7. The van der Waals surface area contributed by atoms with E-state index in [0.29, 0.717) is 56.0 Å². The summed E-state index contributed by atoms with van der Waals surface area (Å²) in [4.78, 5) is 31.1. The molecule has 2 aromatic carbocycles. The van der Waals surface area contributed by atoms with E-state index < -0.39 is 17.8 Å². The molecule has 2 N–H and O–H groups in total. The van der Waals surface area contributed by atoms with E-state index in [2.05, 4.69) is 15.5 Å². The fourth-order valence-electron chi connectivity index (χ4n) is 5.82. The zero-order valence-electron chi connectivity index (χ0n) is 22.8. The minimum absolute atomic E-state index is 0.0685. The second-order valence-electron chi connectivity index (χ2n) is 11.4. The van der Waals surface area contributed by atoms with Crippen LogP contribution in [0.25, 0.3) is 0 Å². The smallest absolute Gasteiger partial charge is 0.379 e. The Morgan fingerprint density at radius 3 is 2.48 bits per heavy atom.